The van der Waals surface area contributed by atoms with Crippen LogP contribution in [0.4, 0.5) is 20.6 Å². The van der Waals surface area contributed by atoms with E-state index in [-0.39, 0.29) is 5.69 Å². The summed E-state index contributed by atoms with van der Waals surface area (Å²) in [6.45, 7) is 4.29. The molecular formula is C31H33FN4O5. The number of carbonyl (C=O) groups excluding carboxylic acids is 3. The highest BCUT2D eigenvalue weighted by atomic mass is 19.1. The number of carbonyl (C=O) groups is 3. The molecule has 10 heteroatoms. The number of rotatable bonds is 11. The highest BCUT2D eigenvalue weighted by molar-refractivity contribution is 6.10. The summed E-state index contributed by atoms with van der Waals surface area (Å²) in [4.78, 5) is 43.7. The van der Waals surface area contributed by atoms with Crippen LogP contribution in [0.5, 0.6) is 5.75 Å². The van der Waals surface area contributed by atoms with E-state index >= 15 is 4.39 Å². The van der Waals surface area contributed by atoms with E-state index in [0.29, 0.717) is 24.5 Å². The fourth-order valence-corrected chi connectivity index (χ4v) is 5.07. The van der Waals surface area contributed by atoms with Gasteiger partial charge < -0.3 is 25.0 Å². The molecule has 3 aromatic carbocycles. The first-order chi connectivity index (χ1) is 19.9. The number of urea groups is 1. The van der Waals surface area contributed by atoms with E-state index in [0.717, 1.165) is 35.7 Å². The molecule has 4 amide bonds. The monoisotopic (exact) mass is 560 g/mol. The molecule has 0 saturated carbocycles. The maximum absolute atomic E-state index is 15.0. The molecule has 9 nitrogen and oxygen atoms in total. The summed E-state index contributed by atoms with van der Waals surface area (Å²) in [7, 11) is 1.58. The second-order valence-corrected chi connectivity index (χ2v) is 10.1. The van der Waals surface area contributed by atoms with Crippen LogP contribution < -0.4 is 20.3 Å². The zero-order valence-electron chi connectivity index (χ0n) is 23.0. The zero-order chi connectivity index (χ0) is 28.9. The van der Waals surface area contributed by atoms with Crippen LogP contribution in [0, 0.1) is 5.82 Å². The van der Waals surface area contributed by atoms with Crippen molar-refractivity contribution in [2.24, 2.45) is 0 Å². The first kappa shape index (κ1) is 28.1. The van der Waals surface area contributed by atoms with Gasteiger partial charge in [-0.3, -0.25) is 9.59 Å². The molecule has 0 bridgehead atoms. The van der Waals surface area contributed by atoms with Crippen molar-refractivity contribution in [3.8, 4) is 5.75 Å². The van der Waals surface area contributed by atoms with E-state index < -0.39 is 41.7 Å². The van der Waals surface area contributed by atoms with E-state index in [2.05, 4.69) is 10.6 Å². The van der Waals surface area contributed by atoms with Crippen molar-refractivity contribution in [3.05, 3.63) is 89.7 Å². The minimum absolute atomic E-state index is 0.0165. The third kappa shape index (κ3) is 6.02. The van der Waals surface area contributed by atoms with Crippen molar-refractivity contribution in [1.29, 1.82) is 0 Å². The molecule has 2 aliphatic rings. The average molecular weight is 561 g/mol. The Balaban J connectivity index is 1.39. The predicted octanol–water partition coefficient (Wildman–Crippen LogP) is 4.46. The molecule has 3 atom stereocenters. The van der Waals surface area contributed by atoms with Gasteiger partial charge in [0, 0.05) is 31.8 Å². The van der Waals surface area contributed by atoms with Crippen LogP contribution in [0.1, 0.15) is 36.4 Å². The number of nitrogens with one attached hydrogen (secondary N) is 2. The Morgan fingerprint density at radius 1 is 1.05 bits per heavy atom. The van der Waals surface area contributed by atoms with Crippen LogP contribution in [-0.2, 0) is 14.3 Å². The van der Waals surface area contributed by atoms with Gasteiger partial charge in [-0.05, 0) is 47.9 Å². The quantitative estimate of drug-likeness (QED) is 0.265. The van der Waals surface area contributed by atoms with Crippen LogP contribution in [-0.4, -0.2) is 62.2 Å². The summed E-state index contributed by atoms with van der Waals surface area (Å²) in [6, 6.07) is 17.7. The molecule has 3 aromatic rings. The molecule has 0 aromatic heterocycles. The molecule has 5 rings (SSSR count). The molecule has 0 aliphatic carbocycles. The number of hydrogen-bond donors (Lipinski definition) is 2. The second-order valence-electron chi connectivity index (χ2n) is 10.1. The van der Waals surface area contributed by atoms with Crippen LogP contribution in [0.3, 0.4) is 0 Å². The van der Waals surface area contributed by atoms with Gasteiger partial charge in [0.1, 0.15) is 30.3 Å². The van der Waals surface area contributed by atoms with Crippen molar-refractivity contribution in [3.63, 3.8) is 0 Å². The van der Waals surface area contributed by atoms with Gasteiger partial charge in [-0.2, -0.15) is 0 Å². The van der Waals surface area contributed by atoms with Gasteiger partial charge in [0.25, 0.3) is 5.91 Å². The van der Waals surface area contributed by atoms with Crippen molar-refractivity contribution >= 4 is 29.2 Å². The maximum Gasteiger partial charge on any atom is 0.325 e. The highest BCUT2D eigenvalue weighted by Crippen LogP contribution is 2.32. The van der Waals surface area contributed by atoms with Gasteiger partial charge in [-0.1, -0.05) is 49.4 Å². The first-order valence-electron chi connectivity index (χ1n) is 13.6. The van der Waals surface area contributed by atoms with Gasteiger partial charge in [-0.25, -0.2) is 14.1 Å². The Labute approximate surface area is 238 Å². The maximum atomic E-state index is 15.0. The average Bonchev–Trinajstić information content (AvgIpc) is 3.24. The van der Waals surface area contributed by atoms with E-state index in [9.17, 15) is 14.4 Å². The number of nitrogens with zero attached hydrogens (tertiary/aromatic N) is 2. The summed E-state index contributed by atoms with van der Waals surface area (Å²) in [6.07, 6.45) is 1.05. The Kier molecular flexibility index (Phi) is 8.49. The fraction of sp³-hybridized carbons (Fsp3) is 0.323. The molecular weight excluding hydrogens is 527 g/mol. The lowest BCUT2D eigenvalue weighted by atomic mass is 9.91. The Hall–Kier alpha value is -4.44. The van der Waals surface area contributed by atoms with Crippen LogP contribution in [0.15, 0.2) is 72.8 Å². The minimum atomic E-state index is -1.24. The standard InChI is InChI=1S/C31H33FN4O5/c1-20(21-7-4-3-5-8-21)28(29(37)33-26-14-11-23(19-25(26)32)35-15-6-16-35)36-30(38)27(34-31(36)39)22-9-12-24(13-10-22)41-18-17-40-2/h3-5,7-14,19-20,27-28H,6,15-18H2,1-2H3,(H,33,37)(H,34,39)/t20-,27+,28-/m0/s1. The van der Waals surface area contributed by atoms with Gasteiger partial charge in [0.15, 0.2) is 0 Å². The van der Waals surface area contributed by atoms with Gasteiger partial charge in [0.2, 0.25) is 5.91 Å². The number of halogens is 1. The van der Waals surface area contributed by atoms with Gasteiger partial charge in [0.05, 0.1) is 12.3 Å². The van der Waals surface area contributed by atoms with Crippen molar-refractivity contribution < 1.29 is 28.2 Å². The van der Waals surface area contributed by atoms with E-state index in [4.69, 9.17) is 9.47 Å². The summed E-state index contributed by atoms with van der Waals surface area (Å²) in [5, 5.41) is 5.34. The molecule has 2 saturated heterocycles. The van der Waals surface area contributed by atoms with Crippen molar-refractivity contribution in [2.75, 3.05) is 43.6 Å². The molecule has 2 N–H and O–H groups in total. The van der Waals surface area contributed by atoms with Gasteiger partial charge in [-0.15, -0.1) is 0 Å². The highest BCUT2D eigenvalue weighted by Gasteiger charge is 2.47. The number of imide groups is 1. The normalized spacial score (nSPS) is 18.0. The van der Waals surface area contributed by atoms with E-state index in [1.807, 2.05) is 35.2 Å². The minimum Gasteiger partial charge on any atom is -0.491 e. The van der Waals surface area contributed by atoms with Crippen molar-refractivity contribution in [1.82, 2.24) is 10.2 Å². The topological polar surface area (TPSA) is 100 Å². The first-order valence-corrected chi connectivity index (χ1v) is 13.6. The number of benzene rings is 3. The number of anilines is 2. The largest absolute Gasteiger partial charge is 0.491 e. The molecule has 0 spiro atoms. The molecule has 2 heterocycles. The van der Waals surface area contributed by atoms with Gasteiger partial charge >= 0.3 is 6.03 Å². The van der Waals surface area contributed by atoms with Crippen LogP contribution in [0.2, 0.25) is 0 Å². The Morgan fingerprint density at radius 2 is 1.78 bits per heavy atom. The molecule has 41 heavy (non-hydrogen) atoms. The molecule has 0 radical (unpaired) electrons. The zero-order valence-corrected chi connectivity index (χ0v) is 23.0. The summed E-state index contributed by atoms with van der Waals surface area (Å²) >= 11 is 0. The Morgan fingerprint density at radius 3 is 2.41 bits per heavy atom. The van der Waals surface area contributed by atoms with Crippen LogP contribution in [0.25, 0.3) is 0 Å². The molecule has 2 fully saturated rings. The fourth-order valence-electron chi connectivity index (χ4n) is 5.07. The van der Waals surface area contributed by atoms with Crippen molar-refractivity contribution in [2.45, 2.75) is 31.3 Å². The lowest BCUT2D eigenvalue weighted by Crippen LogP contribution is -2.50. The predicted molar refractivity (Wildman–Crippen MR) is 152 cm³/mol. The number of amides is 4. The molecule has 214 valence electrons. The second kappa shape index (κ2) is 12.4. The lowest BCUT2D eigenvalue weighted by molar-refractivity contribution is -0.134. The molecule has 0 unspecified atom stereocenters. The number of methoxy groups -OCH3 is 1. The third-order valence-corrected chi connectivity index (χ3v) is 7.52. The summed E-state index contributed by atoms with van der Waals surface area (Å²) in [5.74, 6) is -1.81. The third-order valence-electron chi connectivity index (χ3n) is 7.52. The number of hydrogen-bond acceptors (Lipinski definition) is 6. The number of ether oxygens (including phenoxy) is 2. The van der Waals surface area contributed by atoms with Crippen LogP contribution >= 0.6 is 0 Å². The van der Waals surface area contributed by atoms with E-state index in [1.165, 1.54) is 12.1 Å². The smallest absolute Gasteiger partial charge is 0.325 e. The summed E-state index contributed by atoms with van der Waals surface area (Å²) < 4.78 is 25.6. The summed E-state index contributed by atoms with van der Waals surface area (Å²) in [5.41, 5.74) is 2.03. The lowest BCUT2D eigenvalue weighted by Gasteiger charge is -2.33. The Bertz CT molecular complexity index is 1400. The van der Waals surface area contributed by atoms with E-state index in [1.54, 1.807) is 44.4 Å². The molecule has 2 aliphatic heterocycles. The SMILES string of the molecule is COCCOc1ccc([C@H]2NC(=O)N([C@H](C(=O)Nc3ccc(N4CCC4)cc3F)[C@@H](C)c3ccccc3)C2=O)cc1.